The van der Waals surface area contributed by atoms with Gasteiger partial charge in [0.1, 0.15) is 5.75 Å². The molecule has 0 heterocycles. The van der Waals surface area contributed by atoms with E-state index >= 15 is 0 Å². The highest BCUT2D eigenvalue weighted by Gasteiger charge is 2.04. The number of carbonyl (C=O) groups excluding carboxylic acids is 1. The number of methoxy groups -OCH3 is 1. The van der Waals surface area contributed by atoms with Gasteiger partial charge in [0.2, 0.25) is 0 Å². The summed E-state index contributed by atoms with van der Waals surface area (Å²) in [5, 5.41) is 2.63. The Kier molecular flexibility index (Phi) is 4.64. The van der Waals surface area contributed by atoms with Gasteiger partial charge in [-0.25, -0.2) is 4.79 Å². The van der Waals surface area contributed by atoms with Crippen LogP contribution in [0.2, 0.25) is 0 Å². The van der Waals surface area contributed by atoms with E-state index < -0.39 is 6.09 Å². The van der Waals surface area contributed by atoms with Crippen molar-refractivity contribution in [2.45, 2.75) is 13.8 Å². The van der Waals surface area contributed by atoms with Crippen LogP contribution in [0.4, 0.5) is 10.5 Å². The maximum atomic E-state index is 11.3. The number of hydrogen-bond donors (Lipinski definition) is 1. The van der Waals surface area contributed by atoms with Crippen LogP contribution in [0.3, 0.4) is 0 Å². The number of nitrogens with one attached hydrogen (secondary N) is 1. The van der Waals surface area contributed by atoms with Crippen molar-refractivity contribution in [1.82, 2.24) is 0 Å². The van der Waals surface area contributed by atoms with Crippen LogP contribution in [0.15, 0.2) is 24.3 Å². The van der Waals surface area contributed by atoms with Gasteiger partial charge in [-0.1, -0.05) is 19.9 Å². The van der Waals surface area contributed by atoms with Crippen LogP contribution < -0.4 is 10.1 Å². The molecule has 4 heteroatoms. The second kappa shape index (κ2) is 6.00. The molecule has 0 saturated carbocycles. The summed E-state index contributed by atoms with van der Waals surface area (Å²) >= 11 is 0. The molecule has 0 aliphatic heterocycles. The van der Waals surface area contributed by atoms with E-state index in [1.807, 2.05) is 19.9 Å². The van der Waals surface area contributed by atoms with Gasteiger partial charge >= 0.3 is 6.09 Å². The van der Waals surface area contributed by atoms with Crippen molar-refractivity contribution in [3.05, 3.63) is 24.3 Å². The molecule has 1 rings (SSSR count). The first-order chi connectivity index (χ1) is 7.61. The Morgan fingerprint density at radius 1 is 1.44 bits per heavy atom. The molecule has 1 aromatic carbocycles. The number of hydrogen-bond acceptors (Lipinski definition) is 3. The van der Waals surface area contributed by atoms with Gasteiger partial charge in [-0.15, -0.1) is 0 Å². The smallest absolute Gasteiger partial charge is 0.411 e. The maximum absolute atomic E-state index is 11.3. The summed E-state index contributed by atoms with van der Waals surface area (Å²) in [6.07, 6.45) is -0.443. The van der Waals surface area contributed by atoms with Crippen LogP contribution in [0.1, 0.15) is 13.8 Å². The van der Waals surface area contributed by atoms with Crippen LogP contribution in [0.5, 0.6) is 5.75 Å². The van der Waals surface area contributed by atoms with E-state index in [9.17, 15) is 4.79 Å². The lowest BCUT2D eigenvalue weighted by atomic mass is 10.2. The number of anilines is 1. The lowest BCUT2D eigenvalue weighted by molar-refractivity contribution is 0.147. The van der Waals surface area contributed by atoms with Gasteiger partial charge in [-0.2, -0.15) is 0 Å². The molecule has 0 unspecified atom stereocenters. The molecule has 0 aromatic heterocycles. The van der Waals surface area contributed by atoms with Crippen molar-refractivity contribution in [2.75, 3.05) is 19.0 Å². The summed E-state index contributed by atoms with van der Waals surface area (Å²) in [6.45, 7) is 4.38. The largest absolute Gasteiger partial charge is 0.497 e. The zero-order chi connectivity index (χ0) is 12.0. The van der Waals surface area contributed by atoms with Crippen LogP contribution in [0, 0.1) is 5.92 Å². The number of benzene rings is 1. The Labute approximate surface area is 95.6 Å². The van der Waals surface area contributed by atoms with Gasteiger partial charge in [0.05, 0.1) is 13.7 Å². The summed E-state index contributed by atoms with van der Waals surface area (Å²) in [4.78, 5) is 11.3. The minimum Gasteiger partial charge on any atom is -0.497 e. The fraction of sp³-hybridized carbons (Fsp3) is 0.417. The Bertz CT molecular complexity index is 350. The van der Waals surface area contributed by atoms with Gasteiger partial charge in [-0.05, 0) is 18.1 Å². The molecule has 0 atom stereocenters. The summed E-state index contributed by atoms with van der Waals surface area (Å²) in [5.74, 6) is 1.03. The van der Waals surface area contributed by atoms with E-state index in [2.05, 4.69) is 5.32 Å². The van der Waals surface area contributed by atoms with Gasteiger partial charge in [-0.3, -0.25) is 5.32 Å². The first-order valence-electron chi connectivity index (χ1n) is 5.19. The van der Waals surface area contributed by atoms with Crippen molar-refractivity contribution < 1.29 is 14.3 Å². The molecule has 1 N–H and O–H groups in total. The number of carbonyl (C=O) groups is 1. The molecule has 16 heavy (non-hydrogen) atoms. The van der Waals surface area contributed by atoms with E-state index in [1.165, 1.54) is 0 Å². The normalized spacial score (nSPS) is 10.0. The summed E-state index contributed by atoms with van der Waals surface area (Å²) < 4.78 is 10.0. The zero-order valence-electron chi connectivity index (χ0n) is 9.82. The summed E-state index contributed by atoms with van der Waals surface area (Å²) in [5.41, 5.74) is 0.660. The van der Waals surface area contributed by atoms with Crippen molar-refractivity contribution in [3.63, 3.8) is 0 Å². The maximum Gasteiger partial charge on any atom is 0.411 e. The molecule has 0 saturated heterocycles. The molecule has 1 amide bonds. The van der Waals surface area contributed by atoms with E-state index in [0.29, 0.717) is 24.0 Å². The van der Waals surface area contributed by atoms with Crippen LogP contribution >= 0.6 is 0 Å². The van der Waals surface area contributed by atoms with Crippen LogP contribution in [-0.4, -0.2) is 19.8 Å². The van der Waals surface area contributed by atoms with E-state index in [-0.39, 0.29) is 0 Å². The molecule has 88 valence electrons. The highest BCUT2D eigenvalue weighted by Crippen LogP contribution is 2.16. The van der Waals surface area contributed by atoms with Crippen molar-refractivity contribution >= 4 is 11.8 Å². The van der Waals surface area contributed by atoms with Gasteiger partial charge < -0.3 is 9.47 Å². The monoisotopic (exact) mass is 223 g/mol. The molecule has 0 fully saturated rings. The van der Waals surface area contributed by atoms with Gasteiger partial charge in [0.15, 0.2) is 0 Å². The Balaban J connectivity index is 2.49. The van der Waals surface area contributed by atoms with Crippen molar-refractivity contribution in [2.24, 2.45) is 5.92 Å². The first-order valence-corrected chi connectivity index (χ1v) is 5.19. The summed E-state index contributed by atoms with van der Waals surface area (Å²) in [7, 11) is 1.58. The fourth-order valence-electron chi connectivity index (χ4n) is 1.10. The molecule has 0 aliphatic rings. The van der Waals surface area contributed by atoms with Crippen LogP contribution in [0.25, 0.3) is 0 Å². The van der Waals surface area contributed by atoms with Gasteiger partial charge in [0.25, 0.3) is 0 Å². The highest BCUT2D eigenvalue weighted by atomic mass is 16.5. The second-order valence-electron chi connectivity index (χ2n) is 3.85. The molecule has 0 bridgehead atoms. The fourth-order valence-corrected chi connectivity index (χ4v) is 1.10. The van der Waals surface area contributed by atoms with E-state index in [1.54, 1.807) is 25.3 Å². The lowest BCUT2D eigenvalue weighted by Gasteiger charge is -2.09. The predicted octanol–water partition coefficient (Wildman–Crippen LogP) is 2.90. The van der Waals surface area contributed by atoms with Crippen molar-refractivity contribution in [3.8, 4) is 5.75 Å². The highest BCUT2D eigenvalue weighted by molar-refractivity contribution is 5.84. The quantitative estimate of drug-likeness (QED) is 0.853. The molecule has 4 nitrogen and oxygen atoms in total. The predicted molar refractivity (Wildman–Crippen MR) is 62.8 cm³/mol. The standard InChI is InChI=1S/C12H17NO3/c1-9(2)8-16-12(14)13-10-5-4-6-11(7-10)15-3/h4-7,9H,8H2,1-3H3,(H,13,14). The van der Waals surface area contributed by atoms with Crippen LogP contribution in [-0.2, 0) is 4.74 Å². The zero-order valence-corrected chi connectivity index (χ0v) is 9.82. The topological polar surface area (TPSA) is 47.6 Å². The third-order valence-corrected chi connectivity index (χ3v) is 1.86. The number of amides is 1. The molecule has 0 radical (unpaired) electrons. The SMILES string of the molecule is COc1cccc(NC(=O)OCC(C)C)c1. The molecular weight excluding hydrogens is 206 g/mol. The Morgan fingerprint density at radius 3 is 2.81 bits per heavy atom. The van der Waals surface area contributed by atoms with Crippen molar-refractivity contribution in [1.29, 1.82) is 0 Å². The third-order valence-electron chi connectivity index (χ3n) is 1.86. The van der Waals surface area contributed by atoms with E-state index in [0.717, 1.165) is 0 Å². The third kappa shape index (κ3) is 4.21. The molecular formula is C12H17NO3. The summed E-state index contributed by atoms with van der Waals surface area (Å²) in [6, 6.07) is 7.12. The minimum atomic E-state index is -0.443. The molecule has 0 aliphatic carbocycles. The number of ether oxygens (including phenoxy) is 2. The second-order valence-corrected chi connectivity index (χ2v) is 3.85. The van der Waals surface area contributed by atoms with Gasteiger partial charge in [0, 0.05) is 11.8 Å². The first kappa shape index (κ1) is 12.4. The average Bonchev–Trinajstić information content (AvgIpc) is 2.26. The van der Waals surface area contributed by atoms with E-state index in [4.69, 9.17) is 9.47 Å². The Morgan fingerprint density at radius 2 is 2.19 bits per heavy atom. The Hall–Kier alpha value is -1.71. The average molecular weight is 223 g/mol. The molecule has 0 spiro atoms. The molecule has 1 aromatic rings. The lowest BCUT2D eigenvalue weighted by Crippen LogP contribution is -2.16. The number of rotatable bonds is 4. The minimum absolute atomic E-state index is 0.330.